The molecule has 0 radical (unpaired) electrons. The van der Waals surface area contributed by atoms with Crippen molar-refractivity contribution in [1.29, 1.82) is 0 Å². The van der Waals surface area contributed by atoms with Crippen LogP contribution >= 0.6 is 0 Å². The molecule has 1 aliphatic rings. The Balaban J connectivity index is 2.00. The van der Waals surface area contributed by atoms with E-state index in [9.17, 15) is 0 Å². The molecule has 0 aliphatic carbocycles. The second-order valence-electron chi connectivity index (χ2n) is 5.85. The van der Waals surface area contributed by atoms with Crippen LogP contribution in [0.5, 0.6) is 0 Å². The molecule has 1 fully saturated rings. The summed E-state index contributed by atoms with van der Waals surface area (Å²) in [6.45, 7) is 7.22. The van der Waals surface area contributed by atoms with Gasteiger partial charge in [-0.25, -0.2) is 0 Å². The summed E-state index contributed by atoms with van der Waals surface area (Å²) in [4.78, 5) is 4.47. The van der Waals surface area contributed by atoms with E-state index in [1.807, 2.05) is 0 Å². The number of nitrogens with one attached hydrogen (secondary N) is 1. The summed E-state index contributed by atoms with van der Waals surface area (Å²) in [7, 11) is 4.21. The number of hydrogen-bond donors (Lipinski definition) is 1. The van der Waals surface area contributed by atoms with Crippen molar-refractivity contribution in [1.82, 2.24) is 20.4 Å². The van der Waals surface area contributed by atoms with Crippen LogP contribution in [0.1, 0.15) is 45.0 Å². The molecule has 2 rings (SSSR count). The molecule has 1 aliphatic heterocycles. The number of rotatable bonds is 7. The molecule has 114 valence electrons. The van der Waals surface area contributed by atoms with Gasteiger partial charge in [0.25, 0.3) is 0 Å². The van der Waals surface area contributed by atoms with Crippen molar-refractivity contribution in [3.63, 3.8) is 0 Å². The SMILES string of the molecule is CCCNC(C)c1nnc(N2CCCC2CN(C)C)o1. The first-order valence-electron chi connectivity index (χ1n) is 7.60. The van der Waals surface area contributed by atoms with E-state index in [1.165, 1.54) is 12.8 Å². The summed E-state index contributed by atoms with van der Waals surface area (Å²) in [6.07, 6.45) is 3.49. The molecular weight excluding hydrogens is 254 g/mol. The van der Waals surface area contributed by atoms with E-state index < -0.39 is 0 Å². The second kappa shape index (κ2) is 7.04. The van der Waals surface area contributed by atoms with Crippen LogP contribution in [0.15, 0.2) is 4.42 Å². The lowest BCUT2D eigenvalue weighted by Crippen LogP contribution is -2.37. The lowest BCUT2D eigenvalue weighted by molar-refractivity contribution is 0.359. The molecule has 2 atom stereocenters. The van der Waals surface area contributed by atoms with Gasteiger partial charge < -0.3 is 19.5 Å². The summed E-state index contributed by atoms with van der Waals surface area (Å²) in [6, 6.07) is 1.28. The normalized spacial score (nSPS) is 20.9. The van der Waals surface area contributed by atoms with E-state index in [2.05, 4.69) is 53.3 Å². The van der Waals surface area contributed by atoms with Gasteiger partial charge in [0.05, 0.1) is 6.04 Å². The number of hydrogen-bond acceptors (Lipinski definition) is 6. The minimum Gasteiger partial charge on any atom is -0.406 e. The van der Waals surface area contributed by atoms with Gasteiger partial charge in [0.1, 0.15) is 0 Å². The van der Waals surface area contributed by atoms with Gasteiger partial charge in [-0.2, -0.15) is 0 Å². The highest BCUT2D eigenvalue weighted by Crippen LogP contribution is 2.26. The van der Waals surface area contributed by atoms with E-state index in [1.54, 1.807) is 0 Å². The summed E-state index contributed by atoms with van der Waals surface area (Å²) in [5, 5.41) is 11.8. The molecule has 1 saturated heterocycles. The van der Waals surface area contributed by atoms with Crippen LogP contribution in [0, 0.1) is 0 Å². The summed E-state index contributed by atoms with van der Waals surface area (Å²) < 4.78 is 5.86. The Morgan fingerprint density at radius 1 is 1.45 bits per heavy atom. The van der Waals surface area contributed by atoms with E-state index in [0.717, 1.165) is 26.1 Å². The smallest absolute Gasteiger partial charge is 0.318 e. The number of likely N-dealkylation sites (N-methyl/N-ethyl adjacent to an activating group) is 1. The van der Waals surface area contributed by atoms with Crippen molar-refractivity contribution in [2.75, 3.05) is 38.6 Å². The van der Waals surface area contributed by atoms with Gasteiger partial charge in [0.2, 0.25) is 5.89 Å². The highest BCUT2D eigenvalue weighted by atomic mass is 16.4. The Hall–Kier alpha value is -1.14. The van der Waals surface area contributed by atoms with Crippen LogP contribution in [0.25, 0.3) is 0 Å². The maximum atomic E-state index is 5.86. The average molecular weight is 281 g/mol. The molecule has 0 bridgehead atoms. The molecule has 2 unspecified atom stereocenters. The second-order valence-corrected chi connectivity index (χ2v) is 5.85. The summed E-state index contributed by atoms with van der Waals surface area (Å²) in [5.41, 5.74) is 0. The minimum atomic E-state index is 0.117. The first kappa shape index (κ1) is 15.3. The Bertz CT molecular complexity index is 406. The van der Waals surface area contributed by atoms with Crippen LogP contribution in [-0.4, -0.2) is 54.9 Å². The maximum Gasteiger partial charge on any atom is 0.318 e. The maximum absolute atomic E-state index is 5.86. The van der Waals surface area contributed by atoms with Gasteiger partial charge in [-0.05, 0) is 46.8 Å². The summed E-state index contributed by atoms with van der Waals surface area (Å²) >= 11 is 0. The molecule has 20 heavy (non-hydrogen) atoms. The molecule has 1 aromatic rings. The predicted molar refractivity (Wildman–Crippen MR) is 79.9 cm³/mol. The molecular formula is C14H27N5O. The lowest BCUT2D eigenvalue weighted by atomic mass is 10.2. The van der Waals surface area contributed by atoms with E-state index in [0.29, 0.717) is 17.9 Å². The Morgan fingerprint density at radius 2 is 2.25 bits per heavy atom. The Labute approximate surface area is 121 Å². The zero-order valence-corrected chi connectivity index (χ0v) is 13.1. The fraction of sp³-hybridized carbons (Fsp3) is 0.857. The van der Waals surface area contributed by atoms with Gasteiger partial charge in [-0.1, -0.05) is 12.0 Å². The molecule has 1 aromatic heterocycles. The topological polar surface area (TPSA) is 57.4 Å². The van der Waals surface area contributed by atoms with Gasteiger partial charge in [0, 0.05) is 19.1 Å². The lowest BCUT2D eigenvalue weighted by Gasteiger charge is -2.25. The van der Waals surface area contributed by atoms with E-state index in [4.69, 9.17) is 4.42 Å². The fourth-order valence-corrected chi connectivity index (χ4v) is 2.66. The largest absolute Gasteiger partial charge is 0.406 e. The third-order valence-electron chi connectivity index (χ3n) is 3.70. The standard InChI is InChI=1S/C14H27N5O/c1-5-8-15-11(2)13-16-17-14(20-13)19-9-6-7-12(19)10-18(3)4/h11-12,15H,5-10H2,1-4H3. The molecule has 1 N–H and O–H groups in total. The first-order chi connectivity index (χ1) is 9.61. The van der Waals surface area contributed by atoms with Crippen LogP contribution < -0.4 is 10.2 Å². The summed E-state index contributed by atoms with van der Waals surface area (Å²) in [5.74, 6) is 0.684. The van der Waals surface area contributed by atoms with Gasteiger partial charge in [-0.15, -0.1) is 5.10 Å². The van der Waals surface area contributed by atoms with Gasteiger partial charge >= 0.3 is 6.01 Å². The quantitative estimate of drug-likeness (QED) is 0.820. The van der Waals surface area contributed by atoms with Crippen LogP contribution in [0.3, 0.4) is 0 Å². The third-order valence-corrected chi connectivity index (χ3v) is 3.70. The first-order valence-corrected chi connectivity index (χ1v) is 7.60. The van der Waals surface area contributed by atoms with Crippen molar-refractivity contribution in [3.05, 3.63) is 5.89 Å². The molecule has 6 nitrogen and oxygen atoms in total. The Kier molecular flexibility index (Phi) is 5.37. The van der Waals surface area contributed by atoms with Gasteiger partial charge in [0.15, 0.2) is 0 Å². The molecule has 0 saturated carbocycles. The molecule has 0 aromatic carbocycles. The Morgan fingerprint density at radius 3 is 2.95 bits per heavy atom. The van der Waals surface area contributed by atoms with Gasteiger partial charge in [-0.3, -0.25) is 0 Å². The molecule has 0 spiro atoms. The minimum absolute atomic E-state index is 0.117. The van der Waals surface area contributed by atoms with Crippen LogP contribution in [0.2, 0.25) is 0 Å². The van der Waals surface area contributed by atoms with E-state index >= 15 is 0 Å². The molecule has 0 amide bonds. The highest BCUT2D eigenvalue weighted by Gasteiger charge is 2.29. The van der Waals surface area contributed by atoms with Crippen LogP contribution in [-0.2, 0) is 0 Å². The van der Waals surface area contributed by atoms with Crippen molar-refractivity contribution < 1.29 is 4.42 Å². The molecule has 6 heteroatoms. The predicted octanol–water partition coefficient (Wildman–Crippen LogP) is 1.66. The third kappa shape index (κ3) is 3.70. The van der Waals surface area contributed by atoms with Crippen LogP contribution in [0.4, 0.5) is 6.01 Å². The van der Waals surface area contributed by atoms with E-state index in [-0.39, 0.29) is 6.04 Å². The average Bonchev–Trinajstić information content (AvgIpc) is 3.03. The number of anilines is 1. The number of aromatic nitrogens is 2. The van der Waals surface area contributed by atoms with Crippen molar-refractivity contribution in [2.24, 2.45) is 0 Å². The highest BCUT2D eigenvalue weighted by molar-refractivity contribution is 5.29. The van der Waals surface area contributed by atoms with Crippen molar-refractivity contribution >= 4 is 6.01 Å². The van der Waals surface area contributed by atoms with Crippen molar-refractivity contribution in [3.8, 4) is 0 Å². The monoisotopic (exact) mass is 281 g/mol. The molecule has 2 heterocycles. The number of nitrogens with zero attached hydrogens (tertiary/aromatic N) is 4. The van der Waals surface area contributed by atoms with Crippen molar-refractivity contribution in [2.45, 2.75) is 45.2 Å². The zero-order valence-electron chi connectivity index (χ0n) is 13.1. The fourth-order valence-electron chi connectivity index (χ4n) is 2.66. The zero-order chi connectivity index (χ0) is 14.5.